The van der Waals surface area contributed by atoms with Crippen LogP contribution in [0.4, 0.5) is 18.0 Å². The molecule has 0 aromatic heterocycles. The fraction of sp³-hybridized carbons (Fsp3) is 0.467. The summed E-state index contributed by atoms with van der Waals surface area (Å²) in [6.45, 7) is 0. The van der Waals surface area contributed by atoms with Crippen molar-refractivity contribution in [3.8, 4) is 0 Å². The van der Waals surface area contributed by atoms with E-state index in [0.717, 1.165) is 6.07 Å². The highest BCUT2D eigenvalue weighted by Gasteiger charge is 2.46. The highest BCUT2D eigenvalue weighted by Crippen LogP contribution is 2.42. The van der Waals surface area contributed by atoms with Gasteiger partial charge in [0.15, 0.2) is 0 Å². The third kappa shape index (κ3) is 3.40. The number of alkyl halides is 2. The number of carboxylic acid groups (broad SMARTS) is 1. The molecule has 0 radical (unpaired) electrons. The van der Waals surface area contributed by atoms with Gasteiger partial charge in [0.2, 0.25) is 0 Å². The highest BCUT2D eigenvalue weighted by molar-refractivity contribution is 5.94. The largest absolute Gasteiger partial charge is 0.465 e. The molecule has 0 saturated heterocycles. The Bertz CT molecular complexity index is 657. The second-order valence-electron chi connectivity index (χ2n) is 6.07. The Morgan fingerprint density at radius 3 is 2.52 bits per heavy atom. The lowest BCUT2D eigenvalue weighted by atomic mass is 9.88. The maximum atomic E-state index is 13.9. The Labute approximate surface area is 129 Å². The normalized spacial score (nSPS) is 25.3. The summed E-state index contributed by atoms with van der Waals surface area (Å²) in [5.74, 6) is -4.09. The van der Waals surface area contributed by atoms with Crippen LogP contribution in [0.25, 0.3) is 0 Å². The standard InChI is InChI=1S/C15H15F3N2O3/c16-11-2-1-7(13(21)19-8-5-15(17,18)6-8)3-9(11)10-4-12(10)20-14(22)23/h1-3,8,10,12,20H,4-6H2,(H,19,21)(H,22,23). The van der Waals surface area contributed by atoms with Crippen LogP contribution in [0, 0.1) is 5.82 Å². The Morgan fingerprint density at radius 2 is 1.91 bits per heavy atom. The molecule has 2 fully saturated rings. The van der Waals surface area contributed by atoms with Gasteiger partial charge in [-0.2, -0.15) is 0 Å². The molecule has 0 heterocycles. The van der Waals surface area contributed by atoms with Crippen molar-refractivity contribution in [2.45, 2.75) is 43.2 Å². The van der Waals surface area contributed by atoms with Gasteiger partial charge < -0.3 is 15.7 Å². The molecule has 2 aliphatic rings. The van der Waals surface area contributed by atoms with Crippen molar-refractivity contribution in [3.63, 3.8) is 0 Å². The van der Waals surface area contributed by atoms with Gasteiger partial charge in [0.05, 0.1) is 0 Å². The third-order valence-electron chi connectivity index (χ3n) is 4.18. The van der Waals surface area contributed by atoms with Gasteiger partial charge in [0.25, 0.3) is 11.8 Å². The Balaban J connectivity index is 1.66. The van der Waals surface area contributed by atoms with Gasteiger partial charge in [0, 0.05) is 36.4 Å². The van der Waals surface area contributed by atoms with Gasteiger partial charge in [-0.25, -0.2) is 18.0 Å². The summed E-state index contributed by atoms with van der Waals surface area (Å²) >= 11 is 0. The van der Waals surface area contributed by atoms with E-state index in [4.69, 9.17) is 5.11 Å². The molecule has 2 atom stereocenters. The Kier molecular flexibility index (Phi) is 3.69. The molecule has 2 unspecified atom stereocenters. The van der Waals surface area contributed by atoms with E-state index in [0.29, 0.717) is 6.42 Å². The van der Waals surface area contributed by atoms with E-state index in [9.17, 15) is 22.8 Å². The summed E-state index contributed by atoms with van der Waals surface area (Å²) in [6.07, 6.45) is -1.50. The van der Waals surface area contributed by atoms with Crippen LogP contribution < -0.4 is 10.6 Å². The Hall–Kier alpha value is -2.25. The van der Waals surface area contributed by atoms with Crippen molar-refractivity contribution >= 4 is 12.0 Å². The van der Waals surface area contributed by atoms with Crippen LogP contribution in [-0.4, -0.2) is 35.1 Å². The van der Waals surface area contributed by atoms with Crippen molar-refractivity contribution in [3.05, 3.63) is 35.1 Å². The van der Waals surface area contributed by atoms with Gasteiger partial charge in [0.1, 0.15) is 5.82 Å². The second-order valence-corrected chi connectivity index (χ2v) is 6.07. The van der Waals surface area contributed by atoms with Crippen molar-refractivity contribution in [1.82, 2.24) is 10.6 Å². The molecule has 0 aliphatic heterocycles. The Morgan fingerprint density at radius 1 is 1.22 bits per heavy atom. The zero-order chi connectivity index (χ0) is 16.8. The maximum absolute atomic E-state index is 13.9. The number of halogens is 3. The zero-order valence-electron chi connectivity index (χ0n) is 12.0. The molecular formula is C15H15F3N2O3. The van der Waals surface area contributed by atoms with Crippen LogP contribution in [-0.2, 0) is 0 Å². The zero-order valence-corrected chi connectivity index (χ0v) is 12.0. The van der Waals surface area contributed by atoms with Crippen LogP contribution in [0.2, 0.25) is 0 Å². The predicted octanol–water partition coefficient (Wildman–Crippen LogP) is 2.48. The van der Waals surface area contributed by atoms with Crippen LogP contribution in [0.3, 0.4) is 0 Å². The summed E-state index contributed by atoms with van der Waals surface area (Å²) in [6, 6.07) is 2.83. The van der Waals surface area contributed by atoms with E-state index in [1.165, 1.54) is 12.1 Å². The van der Waals surface area contributed by atoms with E-state index >= 15 is 0 Å². The number of amides is 2. The average Bonchev–Trinajstić information content (AvgIpc) is 3.15. The minimum absolute atomic E-state index is 0.178. The number of carbonyl (C=O) groups excluding carboxylic acids is 1. The van der Waals surface area contributed by atoms with Crippen LogP contribution in [0.5, 0.6) is 0 Å². The highest BCUT2D eigenvalue weighted by atomic mass is 19.3. The molecule has 2 amide bonds. The molecule has 1 aromatic rings. The van der Waals surface area contributed by atoms with Gasteiger partial charge in [-0.3, -0.25) is 4.79 Å². The van der Waals surface area contributed by atoms with E-state index in [1.807, 2.05) is 0 Å². The SMILES string of the molecule is O=C(O)NC1CC1c1cc(C(=O)NC2CC(F)(F)C2)ccc1F. The fourth-order valence-corrected chi connectivity index (χ4v) is 2.86. The number of carbonyl (C=O) groups is 2. The van der Waals surface area contributed by atoms with Gasteiger partial charge >= 0.3 is 6.09 Å². The first-order valence-electron chi connectivity index (χ1n) is 7.23. The summed E-state index contributed by atoms with van der Waals surface area (Å²) in [5, 5.41) is 13.4. The van der Waals surface area contributed by atoms with E-state index in [2.05, 4.69) is 10.6 Å². The van der Waals surface area contributed by atoms with Crippen LogP contribution in [0.1, 0.15) is 41.1 Å². The van der Waals surface area contributed by atoms with Crippen LogP contribution >= 0.6 is 0 Å². The van der Waals surface area contributed by atoms with E-state index in [1.54, 1.807) is 0 Å². The third-order valence-corrected chi connectivity index (χ3v) is 4.18. The maximum Gasteiger partial charge on any atom is 0.404 e. The van der Waals surface area contributed by atoms with Crippen molar-refractivity contribution < 1.29 is 27.9 Å². The number of benzene rings is 1. The van der Waals surface area contributed by atoms with E-state index < -0.39 is 29.8 Å². The monoisotopic (exact) mass is 328 g/mol. The molecule has 1 aromatic carbocycles. The fourth-order valence-electron chi connectivity index (χ4n) is 2.86. The molecule has 124 valence electrons. The summed E-state index contributed by atoms with van der Waals surface area (Å²) in [7, 11) is 0. The van der Waals surface area contributed by atoms with Gasteiger partial charge in [-0.1, -0.05) is 0 Å². The molecule has 8 heteroatoms. The topological polar surface area (TPSA) is 78.4 Å². The molecule has 2 aliphatic carbocycles. The molecule has 2 saturated carbocycles. The minimum atomic E-state index is -2.73. The molecule has 0 spiro atoms. The first-order valence-corrected chi connectivity index (χ1v) is 7.23. The average molecular weight is 328 g/mol. The molecule has 23 heavy (non-hydrogen) atoms. The predicted molar refractivity (Wildman–Crippen MR) is 74.1 cm³/mol. The molecule has 3 N–H and O–H groups in total. The lowest BCUT2D eigenvalue weighted by Gasteiger charge is -2.35. The van der Waals surface area contributed by atoms with Crippen molar-refractivity contribution in [2.75, 3.05) is 0 Å². The smallest absolute Gasteiger partial charge is 0.404 e. The minimum Gasteiger partial charge on any atom is -0.465 e. The van der Waals surface area contributed by atoms with Crippen molar-refractivity contribution in [2.24, 2.45) is 0 Å². The van der Waals surface area contributed by atoms with Gasteiger partial charge in [-0.05, 0) is 30.2 Å². The van der Waals surface area contributed by atoms with Crippen LogP contribution in [0.15, 0.2) is 18.2 Å². The molecule has 3 rings (SSSR count). The molecular weight excluding hydrogens is 313 g/mol. The molecule has 5 nitrogen and oxygen atoms in total. The van der Waals surface area contributed by atoms with Gasteiger partial charge in [-0.15, -0.1) is 0 Å². The number of rotatable bonds is 4. The first kappa shape index (κ1) is 15.6. The number of hydrogen-bond acceptors (Lipinski definition) is 2. The lowest BCUT2D eigenvalue weighted by molar-refractivity contribution is -0.0901. The summed E-state index contributed by atoms with van der Waals surface area (Å²) in [4.78, 5) is 22.6. The summed E-state index contributed by atoms with van der Waals surface area (Å²) in [5.41, 5.74) is 0.438. The quantitative estimate of drug-likeness (QED) is 0.794. The van der Waals surface area contributed by atoms with Crippen molar-refractivity contribution in [1.29, 1.82) is 0 Å². The van der Waals surface area contributed by atoms with E-state index in [-0.39, 0.29) is 35.9 Å². The lowest BCUT2D eigenvalue weighted by Crippen LogP contribution is -2.50. The second kappa shape index (κ2) is 5.43. The summed E-state index contributed by atoms with van der Waals surface area (Å²) < 4.78 is 39.4. The first-order chi connectivity index (χ1) is 10.7. The molecule has 0 bridgehead atoms. The number of nitrogens with one attached hydrogen (secondary N) is 2. The number of hydrogen-bond donors (Lipinski definition) is 3.